The van der Waals surface area contributed by atoms with Crippen molar-refractivity contribution in [2.24, 2.45) is 0 Å². The molecule has 16 heavy (non-hydrogen) atoms. The summed E-state index contributed by atoms with van der Waals surface area (Å²) in [7, 11) is 0. The molecular weight excluding hydrogens is 222 g/mol. The first kappa shape index (κ1) is 9.47. The zero-order valence-corrected chi connectivity index (χ0v) is 9.41. The van der Waals surface area contributed by atoms with E-state index in [2.05, 4.69) is 15.2 Å². The first-order valence-electron chi connectivity index (χ1n) is 4.82. The van der Waals surface area contributed by atoms with Crippen LogP contribution in [0.3, 0.4) is 0 Å². The maximum absolute atomic E-state index is 5.51. The van der Waals surface area contributed by atoms with E-state index in [-0.39, 0.29) is 0 Å². The van der Waals surface area contributed by atoms with Gasteiger partial charge < -0.3 is 9.40 Å². The van der Waals surface area contributed by atoms with Gasteiger partial charge in [0.25, 0.3) is 11.1 Å². The lowest BCUT2D eigenvalue weighted by atomic mass is 10.2. The molecule has 2 heterocycles. The highest BCUT2D eigenvalue weighted by Crippen LogP contribution is 2.28. The fourth-order valence-corrected chi connectivity index (χ4v) is 1.93. The number of fused-ring (bicyclic) bond motifs is 1. The molecule has 5 heteroatoms. The Morgan fingerprint density at radius 3 is 2.94 bits per heavy atom. The number of thioether (sulfide) groups is 1. The molecule has 2 aromatic heterocycles. The molecular formula is C11H9N3OS. The molecule has 1 aromatic carbocycles. The molecule has 80 valence electrons. The summed E-state index contributed by atoms with van der Waals surface area (Å²) in [5.74, 6) is 0.557. The average Bonchev–Trinajstić information content (AvgIpc) is 2.94. The Morgan fingerprint density at radius 1 is 1.25 bits per heavy atom. The monoisotopic (exact) mass is 231 g/mol. The Bertz CT molecular complexity index is 629. The summed E-state index contributed by atoms with van der Waals surface area (Å²) in [6, 6.07) is 8.03. The molecule has 0 radical (unpaired) electrons. The standard InChI is InChI=1S/C11H9N3OS/c1-16-11-14-13-10(15-11)8-6-12-9-5-3-2-4-7(8)9/h2-6,12H,1H3. The Hall–Kier alpha value is -1.75. The van der Waals surface area contributed by atoms with Gasteiger partial charge in [-0.2, -0.15) is 0 Å². The highest BCUT2D eigenvalue weighted by molar-refractivity contribution is 7.98. The van der Waals surface area contributed by atoms with Crippen LogP contribution in [-0.4, -0.2) is 21.4 Å². The predicted octanol–water partition coefficient (Wildman–Crippen LogP) is 2.94. The number of para-hydroxylation sites is 1. The van der Waals surface area contributed by atoms with Gasteiger partial charge >= 0.3 is 0 Å². The van der Waals surface area contributed by atoms with Crippen LogP contribution in [0.1, 0.15) is 0 Å². The summed E-state index contributed by atoms with van der Waals surface area (Å²) >= 11 is 1.44. The van der Waals surface area contributed by atoms with Gasteiger partial charge in [-0.25, -0.2) is 0 Å². The summed E-state index contributed by atoms with van der Waals surface area (Å²) in [5.41, 5.74) is 2.02. The van der Waals surface area contributed by atoms with Gasteiger partial charge in [-0.05, 0) is 12.3 Å². The van der Waals surface area contributed by atoms with Gasteiger partial charge in [0, 0.05) is 17.1 Å². The molecule has 0 aliphatic heterocycles. The molecule has 3 aromatic rings. The van der Waals surface area contributed by atoms with Crippen LogP contribution in [0.4, 0.5) is 0 Å². The maximum atomic E-state index is 5.51. The van der Waals surface area contributed by atoms with Gasteiger partial charge in [0.15, 0.2) is 0 Å². The van der Waals surface area contributed by atoms with E-state index in [0.717, 1.165) is 16.5 Å². The summed E-state index contributed by atoms with van der Waals surface area (Å²) < 4.78 is 5.51. The van der Waals surface area contributed by atoms with E-state index in [1.165, 1.54) is 11.8 Å². The Balaban J connectivity index is 2.18. The van der Waals surface area contributed by atoms with Crippen LogP contribution in [0.25, 0.3) is 22.4 Å². The van der Waals surface area contributed by atoms with Crippen LogP contribution < -0.4 is 0 Å². The normalized spacial score (nSPS) is 11.1. The minimum absolute atomic E-state index is 0.557. The zero-order valence-electron chi connectivity index (χ0n) is 8.60. The number of benzene rings is 1. The Kier molecular flexibility index (Phi) is 2.18. The molecule has 3 rings (SSSR count). The van der Waals surface area contributed by atoms with Crippen molar-refractivity contribution in [1.82, 2.24) is 15.2 Å². The van der Waals surface area contributed by atoms with Crippen molar-refractivity contribution in [3.63, 3.8) is 0 Å². The van der Waals surface area contributed by atoms with Crippen molar-refractivity contribution < 1.29 is 4.42 Å². The van der Waals surface area contributed by atoms with Gasteiger partial charge in [-0.1, -0.05) is 30.0 Å². The molecule has 4 nitrogen and oxygen atoms in total. The van der Waals surface area contributed by atoms with E-state index in [1.54, 1.807) is 0 Å². The first-order chi connectivity index (χ1) is 7.88. The Morgan fingerprint density at radius 2 is 2.12 bits per heavy atom. The van der Waals surface area contributed by atoms with Crippen molar-refractivity contribution in [1.29, 1.82) is 0 Å². The molecule has 1 N–H and O–H groups in total. The summed E-state index contributed by atoms with van der Waals surface area (Å²) in [4.78, 5) is 3.18. The molecule has 0 amide bonds. The smallest absolute Gasteiger partial charge is 0.276 e. The van der Waals surface area contributed by atoms with Crippen LogP contribution in [0.15, 0.2) is 40.1 Å². The summed E-state index contributed by atoms with van der Waals surface area (Å²) in [6.45, 7) is 0. The number of nitrogens with zero attached hydrogens (tertiary/aromatic N) is 2. The quantitative estimate of drug-likeness (QED) is 0.689. The lowest BCUT2D eigenvalue weighted by Crippen LogP contribution is -1.74. The number of aromatic amines is 1. The molecule has 0 aliphatic rings. The average molecular weight is 231 g/mol. The van der Waals surface area contributed by atoms with Crippen molar-refractivity contribution in [2.45, 2.75) is 5.22 Å². The van der Waals surface area contributed by atoms with Crippen LogP contribution in [-0.2, 0) is 0 Å². The second-order valence-corrected chi connectivity index (χ2v) is 4.08. The Labute approximate surface area is 96.1 Å². The largest absolute Gasteiger partial charge is 0.411 e. The molecule has 0 spiro atoms. The predicted molar refractivity (Wildman–Crippen MR) is 63.4 cm³/mol. The van der Waals surface area contributed by atoms with Gasteiger partial charge in [0.2, 0.25) is 0 Å². The lowest BCUT2D eigenvalue weighted by Gasteiger charge is -1.91. The topological polar surface area (TPSA) is 54.7 Å². The van der Waals surface area contributed by atoms with E-state index in [0.29, 0.717) is 11.1 Å². The van der Waals surface area contributed by atoms with E-state index in [4.69, 9.17) is 4.42 Å². The number of H-pyrrole nitrogens is 1. The van der Waals surface area contributed by atoms with Crippen LogP contribution in [0, 0.1) is 0 Å². The van der Waals surface area contributed by atoms with Crippen molar-refractivity contribution in [3.05, 3.63) is 30.5 Å². The zero-order chi connectivity index (χ0) is 11.0. The fourth-order valence-electron chi connectivity index (χ4n) is 1.65. The highest BCUT2D eigenvalue weighted by Gasteiger charge is 2.12. The van der Waals surface area contributed by atoms with Gasteiger partial charge in [-0.15, -0.1) is 10.2 Å². The van der Waals surface area contributed by atoms with Crippen LogP contribution in [0.2, 0.25) is 0 Å². The fraction of sp³-hybridized carbons (Fsp3) is 0.0909. The summed E-state index contributed by atoms with van der Waals surface area (Å²) in [5, 5.41) is 9.63. The molecule has 0 saturated heterocycles. The van der Waals surface area contributed by atoms with Gasteiger partial charge in [0.05, 0.1) is 5.56 Å². The first-order valence-corrected chi connectivity index (χ1v) is 6.05. The third-order valence-corrected chi connectivity index (χ3v) is 2.91. The van der Waals surface area contributed by atoms with E-state index in [9.17, 15) is 0 Å². The van der Waals surface area contributed by atoms with Gasteiger partial charge in [-0.3, -0.25) is 0 Å². The van der Waals surface area contributed by atoms with Crippen molar-refractivity contribution in [3.8, 4) is 11.5 Å². The molecule has 0 atom stereocenters. The highest BCUT2D eigenvalue weighted by atomic mass is 32.2. The third kappa shape index (κ3) is 1.40. The third-order valence-electron chi connectivity index (χ3n) is 2.40. The summed E-state index contributed by atoms with van der Waals surface area (Å²) in [6.07, 6.45) is 3.80. The number of hydrogen-bond acceptors (Lipinski definition) is 4. The van der Waals surface area contributed by atoms with E-state index < -0.39 is 0 Å². The number of rotatable bonds is 2. The second kappa shape index (κ2) is 3.68. The molecule has 0 unspecified atom stereocenters. The SMILES string of the molecule is CSc1nnc(-c2c[nH]c3ccccc23)o1. The molecule has 0 saturated carbocycles. The molecule has 0 fully saturated rings. The minimum Gasteiger partial charge on any atom is -0.411 e. The lowest BCUT2D eigenvalue weighted by molar-refractivity contribution is 0.467. The van der Waals surface area contributed by atoms with E-state index >= 15 is 0 Å². The van der Waals surface area contributed by atoms with Crippen LogP contribution in [0.5, 0.6) is 0 Å². The second-order valence-electron chi connectivity index (χ2n) is 3.33. The van der Waals surface area contributed by atoms with Crippen molar-refractivity contribution in [2.75, 3.05) is 6.26 Å². The molecule has 0 aliphatic carbocycles. The van der Waals surface area contributed by atoms with Gasteiger partial charge in [0.1, 0.15) is 0 Å². The van der Waals surface area contributed by atoms with E-state index in [1.807, 2.05) is 36.7 Å². The molecule has 0 bridgehead atoms. The number of hydrogen-bond donors (Lipinski definition) is 1. The van der Waals surface area contributed by atoms with Crippen molar-refractivity contribution >= 4 is 22.7 Å². The number of aromatic nitrogens is 3. The van der Waals surface area contributed by atoms with Crippen LogP contribution >= 0.6 is 11.8 Å². The maximum Gasteiger partial charge on any atom is 0.276 e. The minimum atomic E-state index is 0.557. The number of nitrogens with one attached hydrogen (secondary N) is 1.